The number of hydrogen-bond acceptors (Lipinski definition) is 6. The molecule has 26 heavy (non-hydrogen) atoms. The molecule has 1 fully saturated rings. The Morgan fingerprint density at radius 3 is 2.58 bits per heavy atom. The summed E-state index contributed by atoms with van der Waals surface area (Å²) >= 11 is 0. The van der Waals surface area contributed by atoms with Crippen molar-refractivity contribution < 1.29 is 19.1 Å². The Morgan fingerprint density at radius 1 is 1.35 bits per heavy atom. The Morgan fingerprint density at radius 2 is 2.00 bits per heavy atom. The maximum Gasteiger partial charge on any atom is 0.330 e. The summed E-state index contributed by atoms with van der Waals surface area (Å²) in [6.45, 7) is 5.72. The van der Waals surface area contributed by atoms with E-state index in [-0.39, 0.29) is 0 Å². The highest BCUT2D eigenvalue weighted by molar-refractivity contribution is 6.13. The molecule has 0 radical (unpaired) electrons. The molecule has 2 atom stereocenters. The van der Waals surface area contributed by atoms with Crippen LogP contribution in [0.2, 0.25) is 0 Å². The summed E-state index contributed by atoms with van der Waals surface area (Å²) in [4.78, 5) is 38.3. The molecule has 1 unspecified atom stereocenters. The van der Waals surface area contributed by atoms with E-state index >= 15 is 0 Å². The summed E-state index contributed by atoms with van der Waals surface area (Å²) in [6, 6.07) is 7.09. The number of esters is 1. The van der Waals surface area contributed by atoms with Crippen molar-refractivity contribution in [1.29, 1.82) is 0 Å². The van der Waals surface area contributed by atoms with Gasteiger partial charge in [-0.15, -0.1) is 0 Å². The van der Waals surface area contributed by atoms with Gasteiger partial charge in [-0.3, -0.25) is 4.79 Å². The van der Waals surface area contributed by atoms with Crippen molar-refractivity contribution in [1.82, 2.24) is 10.2 Å². The number of β-lactam (4-membered cyclic amide) rings is 1. The molecule has 1 saturated heterocycles. The van der Waals surface area contributed by atoms with E-state index in [2.05, 4.69) is 17.2 Å². The van der Waals surface area contributed by atoms with Crippen molar-refractivity contribution in [2.24, 2.45) is 11.1 Å². The van der Waals surface area contributed by atoms with Crippen molar-refractivity contribution in [3.05, 3.63) is 42.7 Å². The van der Waals surface area contributed by atoms with Gasteiger partial charge in [-0.1, -0.05) is 24.8 Å². The molecule has 0 saturated carbocycles. The fourth-order valence-corrected chi connectivity index (χ4v) is 3.07. The second-order valence-corrected chi connectivity index (χ2v) is 6.37. The Labute approximate surface area is 152 Å². The number of benzene rings is 1. The molecule has 1 aliphatic rings. The number of methoxy groups -OCH3 is 1. The molecule has 0 aliphatic carbocycles. The Kier molecular flexibility index (Phi) is 5.86. The Hall–Kier alpha value is -3.03. The maximum atomic E-state index is 12.7. The first-order valence-electron chi connectivity index (χ1n) is 8.27. The van der Waals surface area contributed by atoms with Gasteiger partial charge in [0.1, 0.15) is 0 Å². The summed E-state index contributed by atoms with van der Waals surface area (Å²) < 4.78 is 4.81. The minimum absolute atomic E-state index is 0.337. The van der Waals surface area contributed by atoms with Crippen LogP contribution in [-0.2, 0) is 14.3 Å². The van der Waals surface area contributed by atoms with Gasteiger partial charge in [0.05, 0.1) is 18.3 Å². The molecular formula is C18H24N4O4. The molecule has 1 aromatic carbocycles. The van der Waals surface area contributed by atoms with Gasteiger partial charge in [0.15, 0.2) is 6.04 Å². The number of para-hydroxylation sites is 1. The zero-order valence-electron chi connectivity index (χ0n) is 15.0. The average molecular weight is 360 g/mol. The van der Waals surface area contributed by atoms with Gasteiger partial charge in [0.2, 0.25) is 5.91 Å². The van der Waals surface area contributed by atoms with Crippen LogP contribution in [0, 0.1) is 5.41 Å². The van der Waals surface area contributed by atoms with Crippen LogP contribution in [0.3, 0.4) is 0 Å². The average Bonchev–Trinajstić information content (AvgIpc) is 2.62. The summed E-state index contributed by atoms with van der Waals surface area (Å²) in [7, 11) is 1.23. The molecule has 0 spiro atoms. The SMILES string of the molecule is C=C(N)NCCC[C@@]1(C)C(=O)N(C(=O)Nc2ccccc2)C1C(=O)OC. The Bertz CT molecular complexity index is 706. The van der Waals surface area contributed by atoms with Crippen LogP contribution in [0.5, 0.6) is 0 Å². The predicted molar refractivity (Wildman–Crippen MR) is 96.8 cm³/mol. The predicted octanol–water partition coefficient (Wildman–Crippen LogP) is 1.41. The smallest absolute Gasteiger partial charge is 0.330 e. The van der Waals surface area contributed by atoms with Crippen molar-refractivity contribution >= 4 is 23.6 Å². The second-order valence-electron chi connectivity index (χ2n) is 6.37. The molecule has 1 heterocycles. The topological polar surface area (TPSA) is 114 Å². The third kappa shape index (κ3) is 3.79. The monoisotopic (exact) mass is 360 g/mol. The molecule has 4 N–H and O–H groups in total. The van der Waals surface area contributed by atoms with Crippen molar-refractivity contribution in [3.63, 3.8) is 0 Å². The van der Waals surface area contributed by atoms with Gasteiger partial charge in [0.25, 0.3) is 0 Å². The maximum absolute atomic E-state index is 12.7. The normalized spacial score (nSPS) is 21.5. The van der Waals surface area contributed by atoms with Crippen LogP contribution in [0.4, 0.5) is 10.5 Å². The fraction of sp³-hybridized carbons (Fsp3) is 0.389. The first-order valence-corrected chi connectivity index (χ1v) is 8.27. The summed E-state index contributed by atoms with van der Waals surface area (Å²) in [5, 5.41) is 5.49. The number of carbonyl (C=O) groups excluding carboxylic acids is 3. The van der Waals surface area contributed by atoms with Gasteiger partial charge < -0.3 is 21.1 Å². The highest BCUT2D eigenvalue weighted by Crippen LogP contribution is 2.43. The van der Waals surface area contributed by atoms with Crippen molar-refractivity contribution in [2.75, 3.05) is 19.0 Å². The summed E-state index contributed by atoms with van der Waals surface area (Å²) in [5.41, 5.74) is 4.97. The molecule has 8 nitrogen and oxygen atoms in total. The lowest BCUT2D eigenvalue weighted by Gasteiger charge is -2.51. The van der Waals surface area contributed by atoms with E-state index in [0.29, 0.717) is 30.9 Å². The van der Waals surface area contributed by atoms with E-state index in [0.717, 1.165) is 4.90 Å². The lowest BCUT2D eigenvalue weighted by atomic mass is 9.69. The molecule has 0 aromatic heterocycles. The van der Waals surface area contributed by atoms with Crippen LogP contribution in [0.15, 0.2) is 42.7 Å². The number of hydrogen-bond donors (Lipinski definition) is 3. The number of nitrogens with one attached hydrogen (secondary N) is 2. The first-order chi connectivity index (χ1) is 12.3. The van der Waals surface area contributed by atoms with Crippen LogP contribution < -0.4 is 16.4 Å². The lowest BCUT2D eigenvalue weighted by molar-refractivity contribution is -0.178. The highest BCUT2D eigenvalue weighted by atomic mass is 16.5. The van der Waals surface area contributed by atoms with E-state index < -0.39 is 29.4 Å². The lowest BCUT2D eigenvalue weighted by Crippen LogP contribution is -2.73. The molecular weight excluding hydrogens is 336 g/mol. The quantitative estimate of drug-likeness (QED) is 0.385. The number of urea groups is 1. The fourth-order valence-electron chi connectivity index (χ4n) is 3.07. The molecule has 8 heteroatoms. The first kappa shape index (κ1) is 19.3. The zero-order chi connectivity index (χ0) is 19.3. The summed E-state index contributed by atoms with van der Waals surface area (Å²) in [6.07, 6.45) is 0.987. The number of rotatable bonds is 7. The molecule has 3 amide bonds. The largest absolute Gasteiger partial charge is 0.467 e. The summed E-state index contributed by atoms with van der Waals surface area (Å²) in [5.74, 6) is -0.692. The number of nitrogens with two attached hydrogens (primary N) is 1. The number of nitrogens with zero attached hydrogens (tertiary/aromatic N) is 1. The van der Waals surface area contributed by atoms with Crippen LogP contribution in [0.1, 0.15) is 19.8 Å². The third-order valence-corrected chi connectivity index (χ3v) is 4.46. The number of anilines is 1. The molecule has 1 aliphatic heterocycles. The number of amides is 3. The van der Waals surface area contributed by atoms with E-state index in [1.54, 1.807) is 31.2 Å². The highest BCUT2D eigenvalue weighted by Gasteiger charge is 2.63. The number of carbonyl (C=O) groups is 3. The van der Waals surface area contributed by atoms with Gasteiger partial charge in [-0.05, 0) is 31.9 Å². The number of likely N-dealkylation sites (tertiary alicyclic amines) is 1. The van der Waals surface area contributed by atoms with Gasteiger partial charge in [-0.25, -0.2) is 14.5 Å². The number of ether oxygens (including phenoxy) is 1. The molecule has 140 valence electrons. The van der Waals surface area contributed by atoms with E-state index in [9.17, 15) is 14.4 Å². The third-order valence-electron chi connectivity index (χ3n) is 4.46. The molecule has 0 bridgehead atoms. The zero-order valence-corrected chi connectivity index (χ0v) is 15.0. The van der Waals surface area contributed by atoms with Crippen LogP contribution in [0.25, 0.3) is 0 Å². The standard InChI is InChI=1S/C18H24N4O4/c1-12(19)20-11-7-10-18(2)14(15(23)26-3)22(16(18)24)17(25)21-13-8-5-4-6-9-13/h4-6,8-9,14,20H,1,7,10-11,19H2,2-3H3,(H,21,25)/t14?,18-/m1/s1. The molecule has 2 rings (SSSR count). The number of imide groups is 1. The molecule has 1 aromatic rings. The van der Waals surface area contributed by atoms with Gasteiger partial charge in [-0.2, -0.15) is 0 Å². The van der Waals surface area contributed by atoms with Gasteiger partial charge in [0, 0.05) is 12.2 Å². The minimum Gasteiger partial charge on any atom is -0.467 e. The van der Waals surface area contributed by atoms with Gasteiger partial charge >= 0.3 is 12.0 Å². The van der Waals surface area contributed by atoms with Crippen LogP contribution >= 0.6 is 0 Å². The van der Waals surface area contributed by atoms with Crippen LogP contribution in [-0.4, -0.2) is 42.5 Å². The van der Waals surface area contributed by atoms with Crippen molar-refractivity contribution in [3.8, 4) is 0 Å². The van der Waals surface area contributed by atoms with E-state index in [1.165, 1.54) is 7.11 Å². The second kappa shape index (κ2) is 7.90. The minimum atomic E-state index is -1.00. The van der Waals surface area contributed by atoms with Crippen molar-refractivity contribution in [2.45, 2.75) is 25.8 Å². The van der Waals surface area contributed by atoms with E-state index in [4.69, 9.17) is 10.5 Å². The van der Waals surface area contributed by atoms with E-state index in [1.807, 2.05) is 6.07 Å². The Balaban J connectivity index is 2.09.